The molecular weight excluding hydrogens is 1160 g/mol. The number of nitrogens with zero attached hydrogens (tertiary/aromatic N) is 5. The van der Waals surface area contributed by atoms with Crippen LogP contribution in [0.25, 0.3) is 10.8 Å². The maximum Gasteiger partial charge on any atom is 0.245 e. The Kier molecular flexibility index (Phi) is 28.7. The van der Waals surface area contributed by atoms with E-state index in [2.05, 4.69) is 61.9 Å². The number of hydrogen-bond donors (Lipinski definition) is 16. The van der Waals surface area contributed by atoms with Gasteiger partial charge in [0.15, 0.2) is 11.9 Å². The predicted octanol–water partition coefficient (Wildman–Crippen LogP) is -4.69. The lowest BCUT2D eigenvalue weighted by Gasteiger charge is -2.31. The van der Waals surface area contributed by atoms with E-state index in [-0.39, 0.29) is 100 Å². The number of fused-ring (bicyclic) bond motifs is 1. The molecule has 0 unspecified atom stereocenters. The number of primary amides is 1. The highest BCUT2D eigenvalue weighted by atomic mass is 32.2. The summed E-state index contributed by atoms with van der Waals surface area (Å²) < 4.78 is 31.0. The van der Waals surface area contributed by atoms with Crippen LogP contribution in [-0.4, -0.2) is 195 Å². The number of unbranched alkanes of at least 4 members (excludes halogenated alkanes) is 1. The van der Waals surface area contributed by atoms with Gasteiger partial charge in [0.1, 0.15) is 42.3 Å². The van der Waals surface area contributed by atoms with Gasteiger partial charge in [-0.15, -0.1) is 0 Å². The van der Waals surface area contributed by atoms with Crippen LogP contribution in [0, 0.1) is 5.92 Å². The number of aromatic nitrogens is 2. The molecule has 1 aromatic heterocycles. The van der Waals surface area contributed by atoms with Crippen LogP contribution >= 0.6 is 0 Å². The summed E-state index contributed by atoms with van der Waals surface area (Å²) >= 11 is 0. The number of benzene rings is 2. The van der Waals surface area contributed by atoms with E-state index >= 15 is 0 Å². The zero-order valence-corrected chi connectivity index (χ0v) is 51.2. The number of aliphatic hydroxyl groups is 1. The van der Waals surface area contributed by atoms with E-state index in [1.54, 1.807) is 18.2 Å². The highest BCUT2D eigenvalue weighted by Crippen LogP contribution is 2.31. The molecule has 33 heteroatoms. The number of nitrogens with two attached hydrogens (primary N) is 6. The summed E-state index contributed by atoms with van der Waals surface area (Å²) in [5.41, 5.74) is 34.1. The Labute approximate surface area is 511 Å². The molecule has 22 N–H and O–H groups in total. The lowest BCUT2D eigenvalue weighted by atomic mass is 10.0. The van der Waals surface area contributed by atoms with Gasteiger partial charge in [-0.05, 0) is 95.7 Å². The Morgan fingerprint density at radius 1 is 0.716 bits per heavy atom. The number of imidazole rings is 1. The van der Waals surface area contributed by atoms with Crippen LogP contribution in [0.3, 0.4) is 0 Å². The summed E-state index contributed by atoms with van der Waals surface area (Å²) in [6.45, 7) is 3.93. The molecule has 32 nitrogen and oxygen atoms in total. The molecule has 0 aliphatic carbocycles. The molecular formula is C55H88N20O12S. The molecule has 0 spiro atoms. The minimum Gasteiger partial charge on any atom is -0.391 e. The van der Waals surface area contributed by atoms with Crippen molar-refractivity contribution < 1.29 is 56.7 Å². The minimum absolute atomic E-state index is 0.0203. The first kappa shape index (κ1) is 71.8. The number of likely N-dealkylation sites (tertiary alicyclic amines) is 1. The maximum atomic E-state index is 14.5. The van der Waals surface area contributed by atoms with Crippen LogP contribution < -0.4 is 81.2 Å². The second-order valence-corrected chi connectivity index (χ2v) is 23.6. The van der Waals surface area contributed by atoms with Gasteiger partial charge in [0.2, 0.25) is 63.2 Å². The van der Waals surface area contributed by atoms with E-state index in [0.29, 0.717) is 35.7 Å². The second kappa shape index (κ2) is 35.2. The van der Waals surface area contributed by atoms with Gasteiger partial charge in [-0.3, -0.25) is 53.1 Å². The fourth-order valence-corrected chi connectivity index (χ4v) is 11.1. The van der Waals surface area contributed by atoms with Crippen molar-refractivity contribution in [2.75, 3.05) is 58.3 Å². The van der Waals surface area contributed by atoms with E-state index < -0.39 is 125 Å². The van der Waals surface area contributed by atoms with Gasteiger partial charge in [0.25, 0.3) is 0 Å². The van der Waals surface area contributed by atoms with E-state index in [9.17, 15) is 56.7 Å². The summed E-state index contributed by atoms with van der Waals surface area (Å²) in [5.74, 6) is -8.13. The molecule has 1 aliphatic rings. The van der Waals surface area contributed by atoms with Crippen LogP contribution in [0.15, 0.2) is 63.8 Å². The summed E-state index contributed by atoms with van der Waals surface area (Å²) in [7, 11) is -0.638. The molecule has 0 saturated carbocycles. The van der Waals surface area contributed by atoms with Gasteiger partial charge in [-0.1, -0.05) is 38.1 Å². The summed E-state index contributed by atoms with van der Waals surface area (Å²) in [4.78, 5) is 140. The highest BCUT2D eigenvalue weighted by molar-refractivity contribution is 7.89. The van der Waals surface area contributed by atoms with Crippen LogP contribution in [-0.2, 0) is 59.6 Å². The van der Waals surface area contributed by atoms with E-state index in [1.165, 1.54) is 30.4 Å². The quantitative estimate of drug-likeness (QED) is 0.0147. The molecule has 1 saturated heterocycles. The monoisotopic (exact) mass is 1250 g/mol. The standard InChI is InChI=1S/C55H88N20O12S/c1-31(2)25-40(73-88(86,87)43-20-9-13-34-35(43)14-8-18-41(34)74(4)5)53(85)75-24-12-19-42(75)51(83)71-37(15-6-7-21-56)49(81)72-46(32(3)76)52(84)66-28-44(77)65-29-45(78)68-39(26-33-27-62-30-67-33)50(82)70-38(17-11-23-64-55(60)61)48(80)69-36(47(57)79)16-10-22-63-54(58)59/h8-9,13-14,18,20,27,30-32,36-40,42,46,73,76H,6-7,10-12,15-17,19,21-26,28-29,56H2,1-5H3,(H2,57,79)(H,62,67)(H,65,77)(H,66,84)(H,68,78)(H,69,80)(H,70,82)(H,71,83)(H,72,81)(H4,58,59,63)(H4,60,61,64)/t32-,36+,37+,38+,39+,40+,42+,46+/m1/s1. The highest BCUT2D eigenvalue weighted by Gasteiger charge is 2.41. The molecule has 2 heterocycles. The minimum atomic E-state index is -4.32. The van der Waals surface area contributed by atoms with Crippen molar-refractivity contribution in [1.29, 1.82) is 0 Å². The lowest BCUT2D eigenvalue weighted by Crippen LogP contribution is -2.60. The topological polar surface area (TPSA) is 520 Å². The van der Waals surface area contributed by atoms with Gasteiger partial charge in [-0.25, -0.2) is 13.4 Å². The van der Waals surface area contributed by atoms with Gasteiger partial charge in [0.05, 0.1) is 30.4 Å². The maximum absolute atomic E-state index is 14.5. The summed E-state index contributed by atoms with van der Waals surface area (Å²) in [5, 5.41) is 29.3. The molecule has 0 bridgehead atoms. The van der Waals surface area contributed by atoms with Crippen molar-refractivity contribution in [2.24, 2.45) is 50.3 Å². The number of anilines is 1. The van der Waals surface area contributed by atoms with Gasteiger partial charge in [0, 0.05) is 68.5 Å². The second-order valence-electron chi connectivity index (χ2n) is 21.9. The van der Waals surface area contributed by atoms with E-state index in [1.807, 2.05) is 45.0 Å². The third kappa shape index (κ3) is 22.9. The predicted molar refractivity (Wildman–Crippen MR) is 328 cm³/mol. The fourth-order valence-electron chi connectivity index (χ4n) is 9.70. The van der Waals surface area contributed by atoms with E-state index in [0.717, 1.165) is 5.69 Å². The largest absolute Gasteiger partial charge is 0.391 e. The molecule has 3 aromatic rings. The first-order chi connectivity index (χ1) is 41.6. The van der Waals surface area contributed by atoms with E-state index in [4.69, 9.17) is 34.4 Å². The average molecular weight is 1250 g/mol. The molecule has 4 rings (SSSR count). The molecule has 88 heavy (non-hydrogen) atoms. The average Bonchev–Trinajstić information content (AvgIpc) is 0.900. The number of guanidine groups is 2. The van der Waals surface area contributed by atoms with Crippen molar-refractivity contribution in [2.45, 2.75) is 145 Å². The molecule has 2 aromatic carbocycles. The normalized spacial score (nSPS) is 15.5. The Morgan fingerprint density at radius 2 is 1.31 bits per heavy atom. The molecule has 1 fully saturated rings. The number of nitrogens with one attached hydrogen (secondary N) is 9. The third-order valence-electron chi connectivity index (χ3n) is 14.1. The molecule has 8 atom stereocenters. The SMILES string of the molecule is CC(C)C[C@H](NS(=O)(=O)c1cccc2c(N(C)C)cccc12)C(=O)N1CCC[C@H]1C(=O)N[C@@H](CCCCN)C(=O)N[C@H](C(=O)NCC(=O)NCC(=O)N[C@@H](Cc1cnc[nH]1)C(=O)N[C@@H](CCCN=C(N)N)C(=O)N[C@@H](CCCN=C(N)N)C(N)=O)[C@@H](C)O. The van der Waals surface area contributed by atoms with Gasteiger partial charge in [-0.2, -0.15) is 4.72 Å². The fraction of sp³-hybridized carbons (Fsp3) is 0.564. The summed E-state index contributed by atoms with van der Waals surface area (Å²) in [6.07, 6.45) is 2.89. The van der Waals surface area contributed by atoms with Crippen molar-refractivity contribution in [3.63, 3.8) is 0 Å². The number of H-pyrrole nitrogens is 1. The Hall–Kier alpha value is -8.69. The van der Waals surface area contributed by atoms with Crippen molar-refractivity contribution in [3.8, 4) is 0 Å². The molecule has 1 aliphatic heterocycles. The zero-order valence-electron chi connectivity index (χ0n) is 50.4. The Balaban J connectivity index is 1.41. The van der Waals surface area contributed by atoms with Crippen LogP contribution in [0.5, 0.6) is 0 Å². The van der Waals surface area contributed by atoms with Crippen LogP contribution in [0.4, 0.5) is 5.69 Å². The number of rotatable bonds is 37. The summed E-state index contributed by atoms with van der Waals surface area (Å²) in [6, 6.07) is 0.937. The lowest BCUT2D eigenvalue weighted by molar-refractivity contribution is -0.141. The number of carbonyl (C=O) groups is 9. The number of aliphatic imine (C=N–C) groups is 2. The molecule has 0 radical (unpaired) electrons. The smallest absolute Gasteiger partial charge is 0.245 e. The number of carbonyl (C=O) groups excluding carboxylic acids is 9. The van der Waals surface area contributed by atoms with Crippen LogP contribution in [0.2, 0.25) is 0 Å². The number of sulfonamides is 1. The number of hydrogen-bond acceptors (Lipinski definition) is 17. The molecule has 9 amide bonds. The van der Waals surface area contributed by atoms with Crippen molar-refractivity contribution in [1.82, 2.24) is 56.8 Å². The third-order valence-corrected chi connectivity index (χ3v) is 15.6. The zero-order chi connectivity index (χ0) is 65.3. The first-order valence-corrected chi connectivity index (χ1v) is 30.4. The van der Waals surface area contributed by atoms with Gasteiger partial charge >= 0.3 is 0 Å². The molecule has 486 valence electrons. The first-order valence-electron chi connectivity index (χ1n) is 29.0. The number of aliphatic hydroxyl groups excluding tert-OH is 1. The van der Waals surface area contributed by atoms with Crippen molar-refractivity contribution in [3.05, 3.63) is 54.6 Å². The van der Waals surface area contributed by atoms with Gasteiger partial charge < -0.3 is 91.5 Å². The number of aromatic amines is 1. The number of amides is 9. The van der Waals surface area contributed by atoms with Crippen molar-refractivity contribution >= 4 is 91.6 Å². The Morgan fingerprint density at radius 3 is 1.91 bits per heavy atom. The van der Waals surface area contributed by atoms with Crippen LogP contribution in [0.1, 0.15) is 90.7 Å². The Bertz CT molecular complexity index is 3040.